The van der Waals surface area contributed by atoms with Crippen molar-refractivity contribution in [1.29, 1.82) is 0 Å². The second-order valence-corrected chi connectivity index (χ2v) is 6.47. The molecule has 1 amide bonds. The molecule has 0 aromatic carbocycles. The Morgan fingerprint density at radius 2 is 2.04 bits per heavy atom. The number of hydrogen-bond donors (Lipinski definition) is 3. The van der Waals surface area contributed by atoms with Gasteiger partial charge < -0.3 is 15.5 Å². The smallest absolute Gasteiger partial charge is 0.326 e. The first-order valence-corrected chi connectivity index (χ1v) is 8.46. The van der Waals surface area contributed by atoms with Crippen LogP contribution < -0.4 is 5.32 Å². The summed E-state index contributed by atoms with van der Waals surface area (Å²) in [6, 6.07) is 0.586. The van der Waals surface area contributed by atoms with Gasteiger partial charge in [0.25, 0.3) is 5.91 Å². The summed E-state index contributed by atoms with van der Waals surface area (Å²) in [6.07, 6.45) is 1.68. The molecule has 3 N–H and O–H groups in total. The molecule has 134 valence electrons. The molecule has 2 heterocycles. The van der Waals surface area contributed by atoms with E-state index in [4.69, 9.17) is 5.11 Å². The van der Waals surface area contributed by atoms with Gasteiger partial charge in [0.05, 0.1) is 10.2 Å². The average molecular weight is 412 g/mol. The fourth-order valence-electron chi connectivity index (χ4n) is 2.52. The number of aromatic nitrogens is 2. The van der Waals surface area contributed by atoms with E-state index >= 15 is 0 Å². The Morgan fingerprint density at radius 3 is 2.60 bits per heavy atom. The van der Waals surface area contributed by atoms with Crippen LogP contribution in [-0.2, 0) is 16.0 Å². The molecule has 0 radical (unpaired) electrons. The zero-order valence-electron chi connectivity index (χ0n) is 13.7. The molecular formula is C16H18BrN3O5. The van der Waals surface area contributed by atoms with Crippen LogP contribution in [-0.4, -0.2) is 43.5 Å². The van der Waals surface area contributed by atoms with Crippen molar-refractivity contribution in [3.05, 3.63) is 33.7 Å². The maximum Gasteiger partial charge on any atom is 0.326 e. The lowest BCUT2D eigenvalue weighted by Crippen LogP contribution is -2.41. The Balaban J connectivity index is 2.40. The summed E-state index contributed by atoms with van der Waals surface area (Å²) < 4.78 is 2.34. The number of nitrogens with zero attached hydrogens (tertiary/aromatic N) is 2. The van der Waals surface area contributed by atoms with E-state index in [2.05, 4.69) is 26.2 Å². The van der Waals surface area contributed by atoms with Gasteiger partial charge in [-0.25, -0.2) is 9.78 Å². The molecule has 0 aliphatic carbocycles. The standard InChI is InChI=1S/C16H18BrN3O5/c1-3-10-13(20-7-8(2)6-9(17)14(20)18-10)15(23)19-11(16(24)25)4-5-12(21)22/h6-7,11H,3-5H2,1-2H3,(H,19,23)(H,21,22)(H,24,25). The van der Waals surface area contributed by atoms with Gasteiger partial charge in [-0.3, -0.25) is 14.0 Å². The summed E-state index contributed by atoms with van der Waals surface area (Å²) in [4.78, 5) is 39.1. The van der Waals surface area contributed by atoms with E-state index in [9.17, 15) is 19.5 Å². The van der Waals surface area contributed by atoms with Crippen LogP contribution in [0.3, 0.4) is 0 Å². The normalized spacial score (nSPS) is 12.1. The Hall–Kier alpha value is -2.42. The number of amides is 1. The highest BCUT2D eigenvalue weighted by molar-refractivity contribution is 9.10. The third-order valence-corrected chi connectivity index (χ3v) is 4.27. The monoisotopic (exact) mass is 411 g/mol. The number of carbonyl (C=O) groups excluding carboxylic acids is 1. The highest BCUT2D eigenvalue weighted by Crippen LogP contribution is 2.23. The largest absolute Gasteiger partial charge is 0.481 e. The highest BCUT2D eigenvalue weighted by atomic mass is 79.9. The lowest BCUT2D eigenvalue weighted by Gasteiger charge is -2.14. The SMILES string of the molecule is CCc1nc2c(Br)cc(C)cn2c1C(=O)NC(CCC(=O)O)C(=O)O. The van der Waals surface area contributed by atoms with Crippen molar-refractivity contribution in [2.75, 3.05) is 0 Å². The molecular weight excluding hydrogens is 394 g/mol. The van der Waals surface area contributed by atoms with E-state index in [0.717, 1.165) is 10.0 Å². The number of pyridine rings is 1. The number of imidazole rings is 1. The van der Waals surface area contributed by atoms with Crippen LogP contribution in [0.2, 0.25) is 0 Å². The number of fused-ring (bicyclic) bond motifs is 1. The van der Waals surface area contributed by atoms with Crippen molar-refractivity contribution in [1.82, 2.24) is 14.7 Å². The molecule has 2 aromatic rings. The Morgan fingerprint density at radius 1 is 1.36 bits per heavy atom. The molecule has 25 heavy (non-hydrogen) atoms. The number of carboxylic acid groups (broad SMARTS) is 2. The van der Waals surface area contributed by atoms with Crippen LogP contribution in [0.5, 0.6) is 0 Å². The molecule has 0 saturated carbocycles. The number of aliphatic carboxylic acids is 2. The molecule has 0 aliphatic rings. The molecule has 2 aromatic heterocycles. The molecule has 0 aliphatic heterocycles. The van der Waals surface area contributed by atoms with Crippen LogP contribution in [0.4, 0.5) is 0 Å². The van der Waals surface area contributed by atoms with E-state index in [1.165, 1.54) is 0 Å². The second kappa shape index (κ2) is 7.64. The van der Waals surface area contributed by atoms with E-state index < -0.39 is 23.9 Å². The summed E-state index contributed by atoms with van der Waals surface area (Å²) >= 11 is 3.41. The number of nitrogens with one attached hydrogen (secondary N) is 1. The molecule has 0 saturated heterocycles. The van der Waals surface area contributed by atoms with Gasteiger partial charge in [-0.2, -0.15) is 0 Å². The molecule has 2 rings (SSSR count). The Kier molecular flexibility index (Phi) is 5.78. The van der Waals surface area contributed by atoms with Gasteiger partial charge in [-0.15, -0.1) is 0 Å². The molecule has 1 atom stereocenters. The summed E-state index contributed by atoms with van der Waals surface area (Å²) in [7, 11) is 0. The van der Waals surface area contributed by atoms with Crippen molar-refractivity contribution in [3.63, 3.8) is 0 Å². The fraction of sp³-hybridized carbons (Fsp3) is 0.375. The fourth-order valence-corrected chi connectivity index (χ4v) is 3.16. The molecule has 0 bridgehead atoms. The molecule has 1 unspecified atom stereocenters. The summed E-state index contributed by atoms with van der Waals surface area (Å²) in [5.41, 5.74) is 2.24. The topological polar surface area (TPSA) is 121 Å². The van der Waals surface area contributed by atoms with Crippen molar-refractivity contribution in [2.24, 2.45) is 0 Å². The first-order valence-electron chi connectivity index (χ1n) is 7.67. The van der Waals surface area contributed by atoms with E-state index in [0.29, 0.717) is 17.8 Å². The molecule has 0 fully saturated rings. The van der Waals surface area contributed by atoms with Crippen molar-refractivity contribution >= 4 is 39.4 Å². The van der Waals surface area contributed by atoms with Gasteiger partial charge in [0.2, 0.25) is 0 Å². The van der Waals surface area contributed by atoms with E-state index in [1.54, 1.807) is 10.6 Å². The predicted octanol–water partition coefficient (Wildman–Crippen LogP) is 2.02. The number of halogens is 1. The molecule has 9 heteroatoms. The van der Waals surface area contributed by atoms with Gasteiger partial charge in [0, 0.05) is 12.6 Å². The second-order valence-electron chi connectivity index (χ2n) is 5.62. The van der Waals surface area contributed by atoms with Crippen LogP contribution in [0.25, 0.3) is 5.65 Å². The zero-order valence-corrected chi connectivity index (χ0v) is 15.3. The van der Waals surface area contributed by atoms with Gasteiger partial charge in [0.1, 0.15) is 11.7 Å². The van der Waals surface area contributed by atoms with Crippen molar-refractivity contribution < 1.29 is 24.6 Å². The van der Waals surface area contributed by atoms with Gasteiger partial charge in [-0.1, -0.05) is 6.92 Å². The minimum atomic E-state index is -1.29. The van der Waals surface area contributed by atoms with Crippen LogP contribution in [0.1, 0.15) is 41.5 Å². The average Bonchev–Trinajstić information content (AvgIpc) is 2.89. The maximum absolute atomic E-state index is 12.7. The van der Waals surface area contributed by atoms with Gasteiger partial charge >= 0.3 is 11.9 Å². The third-order valence-electron chi connectivity index (χ3n) is 3.68. The van der Waals surface area contributed by atoms with Gasteiger partial charge in [0.15, 0.2) is 5.65 Å². The highest BCUT2D eigenvalue weighted by Gasteiger charge is 2.26. The van der Waals surface area contributed by atoms with Crippen molar-refractivity contribution in [2.45, 2.75) is 39.2 Å². The summed E-state index contributed by atoms with van der Waals surface area (Å²) in [5.74, 6) is -3.00. The predicted molar refractivity (Wildman–Crippen MR) is 92.8 cm³/mol. The van der Waals surface area contributed by atoms with Crippen LogP contribution >= 0.6 is 15.9 Å². The Labute approximate surface area is 152 Å². The van der Waals surface area contributed by atoms with E-state index in [1.807, 2.05) is 19.9 Å². The van der Waals surface area contributed by atoms with E-state index in [-0.39, 0.29) is 18.5 Å². The number of carbonyl (C=O) groups is 3. The van der Waals surface area contributed by atoms with Crippen LogP contribution in [0, 0.1) is 6.92 Å². The molecule has 0 spiro atoms. The number of rotatable bonds is 7. The minimum absolute atomic E-state index is 0.197. The first-order chi connectivity index (χ1) is 11.7. The third kappa shape index (κ3) is 4.16. The summed E-state index contributed by atoms with van der Waals surface area (Å²) in [6.45, 7) is 3.71. The quantitative estimate of drug-likeness (QED) is 0.640. The lowest BCUT2D eigenvalue weighted by molar-refractivity contribution is -0.140. The number of aryl methyl sites for hydroxylation is 2. The maximum atomic E-state index is 12.7. The number of hydrogen-bond acceptors (Lipinski definition) is 4. The van der Waals surface area contributed by atoms with Crippen LogP contribution in [0.15, 0.2) is 16.7 Å². The van der Waals surface area contributed by atoms with Gasteiger partial charge in [-0.05, 0) is 47.3 Å². The van der Waals surface area contributed by atoms with Crippen molar-refractivity contribution in [3.8, 4) is 0 Å². The lowest BCUT2D eigenvalue weighted by atomic mass is 10.1. The minimum Gasteiger partial charge on any atom is -0.481 e. The number of carboxylic acids is 2. The first kappa shape index (κ1) is 18.9. The summed E-state index contributed by atoms with van der Waals surface area (Å²) in [5, 5.41) is 20.3. The zero-order chi connectivity index (χ0) is 18.7. The Bertz CT molecular complexity index is 846. The molecule has 8 nitrogen and oxygen atoms in total.